The standard InChI is InChI=1S/C20H14BrN3O3/c1-12-18(20(25)26)10-23-19(24-12)13-3-6-17(7-4-13)27-11-14-2-5-16(21)8-15(14)9-22/h2-8,10H,11H2,1H3,(H,25,26). The fraction of sp³-hybridized carbons (Fsp3) is 0.100. The second-order valence-corrected chi connectivity index (χ2v) is 6.64. The minimum Gasteiger partial charge on any atom is -0.489 e. The zero-order valence-corrected chi connectivity index (χ0v) is 15.9. The van der Waals surface area contributed by atoms with Gasteiger partial charge in [0.1, 0.15) is 12.4 Å². The Bertz CT molecular complexity index is 1040. The van der Waals surface area contributed by atoms with E-state index < -0.39 is 5.97 Å². The van der Waals surface area contributed by atoms with E-state index in [4.69, 9.17) is 9.84 Å². The molecule has 0 bridgehead atoms. The monoisotopic (exact) mass is 423 g/mol. The van der Waals surface area contributed by atoms with Crippen LogP contribution in [0.3, 0.4) is 0 Å². The molecule has 1 heterocycles. The minimum absolute atomic E-state index is 0.0847. The van der Waals surface area contributed by atoms with Crippen molar-refractivity contribution in [2.75, 3.05) is 0 Å². The molecular formula is C20H14BrN3O3. The van der Waals surface area contributed by atoms with Crippen LogP contribution in [0.15, 0.2) is 53.1 Å². The third-order valence-electron chi connectivity index (χ3n) is 3.91. The molecule has 0 atom stereocenters. The summed E-state index contributed by atoms with van der Waals surface area (Å²) in [6.45, 7) is 1.91. The van der Waals surface area contributed by atoms with E-state index in [0.29, 0.717) is 22.8 Å². The van der Waals surface area contributed by atoms with Crippen LogP contribution in [0.4, 0.5) is 0 Å². The highest BCUT2D eigenvalue weighted by atomic mass is 79.9. The number of aromatic nitrogens is 2. The molecule has 0 aliphatic rings. The smallest absolute Gasteiger partial charge is 0.339 e. The van der Waals surface area contributed by atoms with E-state index in [1.165, 1.54) is 6.20 Å². The van der Waals surface area contributed by atoms with Crippen molar-refractivity contribution in [2.45, 2.75) is 13.5 Å². The molecule has 3 aromatic rings. The molecule has 0 aliphatic carbocycles. The Morgan fingerprint density at radius 1 is 1.26 bits per heavy atom. The van der Waals surface area contributed by atoms with Crippen LogP contribution in [-0.4, -0.2) is 21.0 Å². The van der Waals surface area contributed by atoms with Crippen LogP contribution in [-0.2, 0) is 6.61 Å². The second kappa shape index (κ2) is 7.98. The molecule has 1 N–H and O–H groups in total. The molecule has 6 nitrogen and oxygen atoms in total. The Morgan fingerprint density at radius 3 is 2.63 bits per heavy atom. The number of rotatable bonds is 5. The first kappa shape index (κ1) is 18.5. The highest BCUT2D eigenvalue weighted by Gasteiger charge is 2.11. The van der Waals surface area contributed by atoms with Crippen molar-refractivity contribution in [3.8, 4) is 23.2 Å². The van der Waals surface area contributed by atoms with Crippen LogP contribution in [0.25, 0.3) is 11.4 Å². The lowest BCUT2D eigenvalue weighted by atomic mass is 10.1. The normalized spacial score (nSPS) is 10.3. The number of hydrogen-bond donors (Lipinski definition) is 1. The zero-order chi connectivity index (χ0) is 19.4. The molecule has 0 aliphatic heterocycles. The minimum atomic E-state index is -1.05. The molecule has 0 spiro atoms. The lowest BCUT2D eigenvalue weighted by molar-refractivity contribution is 0.0695. The van der Waals surface area contributed by atoms with Gasteiger partial charge in [-0.05, 0) is 43.3 Å². The second-order valence-electron chi connectivity index (χ2n) is 5.72. The Hall–Kier alpha value is -3.24. The van der Waals surface area contributed by atoms with E-state index in [1.54, 1.807) is 37.3 Å². The molecule has 134 valence electrons. The number of nitriles is 1. The van der Waals surface area contributed by atoms with Crippen molar-refractivity contribution in [1.29, 1.82) is 5.26 Å². The first-order chi connectivity index (χ1) is 13.0. The number of carboxylic acid groups (broad SMARTS) is 1. The van der Waals surface area contributed by atoms with Gasteiger partial charge in [0.2, 0.25) is 0 Å². The molecule has 7 heteroatoms. The van der Waals surface area contributed by atoms with E-state index >= 15 is 0 Å². The maximum absolute atomic E-state index is 11.0. The Kier molecular flexibility index (Phi) is 5.48. The topological polar surface area (TPSA) is 96.1 Å². The van der Waals surface area contributed by atoms with Crippen LogP contribution < -0.4 is 4.74 Å². The first-order valence-corrected chi connectivity index (χ1v) is 8.76. The van der Waals surface area contributed by atoms with Crippen LogP contribution in [0.1, 0.15) is 27.2 Å². The molecular weight excluding hydrogens is 410 g/mol. The van der Waals surface area contributed by atoms with Gasteiger partial charge in [-0.1, -0.05) is 22.0 Å². The predicted octanol–water partition coefficient (Wildman–Crippen LogP) is 4.36. The maximum atomic E-state index is 11.0. The van der Waals surface area contributed by atoms with Crippen molar-refractivity contribution in [3.63, 3.8) is 0 Å². The number of aromatic carboxylic acids is 1. The quantitative estimate of drug-likeness (QED) is 0.654. The van der Waals surface area contributed by atoms with E-state index in [0.717, 1.165) is 15.6 Å². The van der Waals surface area contributed by atoms with Gasteiger partial charge in [-0.25, -0.2) is 14.8 Å². The molecule has 0 radical (unpaired) electrons. The third kappa shape index (κ3) is 4.30. The van der Waals surface area contributed by atoms with Gasteiger partial charge in [-0.3, -0.25) is 0 Å². The fourth-order valence-corrected chi connectivity index (χ4v) is 2.82. The van der Waals surface area contributed by atoms with Gasteiger partial charge >= 0.3 is 5.97 Å². The lowest BCUT2D eigenvalue weighted by Gasteiger charge is -2.09. The number of ether oxygens (including phenoxy) is 1. The summed E-state index contributed by atoms with van der Waals surface area (Å²) in [6.07, 6.45) is 1.31. The van der Waals surface area contributed by atoms with Crippen molar-refractivity contribution in [1.82, 2.24) is 9.97 Å². The van der Waals surface area contributed by atoms with Gasteiger partial charge < -0.3 is 9.84 Å². The molecule has 2 aromatic carbocycles. The number of carbonyl (C=O) groups is 1. The summed E-state index contributed by atoms with van der Waals surface area (Å²) >= 11 is 3.34. The number of carboxylic acids is 1. The number of halogens is 1. The van der Waals surface area contributed by atoms with Gasteiger partial charge in [0.05, 0.1) is 22.9 Å². The zero-order valence-electron chi connectivity index (χ0n) is 14.3. The first-order valence-electron chi connectivity index (χ1n) is 7.96. The van der Waals surface area contributed by atoms with Crippen molar-refractivity contribution in [2.24, 2.45) is 0 Å². The molecule has 3 rings (SSSR count). The lowest BCUT2D eigenvalue weighted by Crippen LogP contribution is -2.04. The SMILES string of the molecule is Cc1nc(-c2ccc(OCc3ccc(Br)cc3C#N)cc2)ncc1C(=O)O. The van der Waals surface area contributed by atoms with Crippen LogP contribution in [0.5, 0.6) is 5.75 Å². The maximum Gasteiger partial charge on any atom is 0.339 e. The van der Waals surface area contributed by atoms with Gasteiger partial charge in [0, 0.05) is 21.8 Å². The largest absolute Gasteiger partial charge is 0.489 e. The molecule has 0 saturated carbocycles. The summed E-state index contributed by atoms with van der Waals surface area (Å²) in [5, 5.41) is 18.3. The number of nitrogens with zero attached hydrogens (tertiary/aromatic N) is 3. The number of aryl methyl sites for hydroxylation is 1. The summed E-state index contributed by atoms with van der Waals surface area (Å²) in [7, 11) is 0. The number of benzene rings is 2. The van der Waals surface area contributed by atoms with Gasteiger partial charge in [0.25, 0.3) is 0 Å². The van der Waals surface area contributed by atoms with E-state index in [1.807, 2.05) is 12.1 Å². The third-order valence-corrected chi connectivity index (χ3v) is 4.40. The van der Waals surface area contributed by atoms with E-state index in [-0.39, 0.29) is 12.2 Å². The molecule has 1 aromatic heterocycles. The highest BCUT2D eigenvalue weighted by molar-refractivity contribution is 9.10. The average molecular weight is 424 g/mol. The molecule has 27 heavy (non-hydrogen) atoms. The van der Waals surface area contributed by atoms with Crippen molar-refractivity contribution < 1.29 is 14.6 Å². The van der Waals surface area contributed by atoms with Crippen molar-refractivity contribution in [3.05, 3.63) is 75.5 Å². The van der Waals surface area contributed by atoms with Gasteiger partial charge in [-0.2, -0.15) is 5.26 Å². The summed E-state index contributed by atoms with van der Waals surface area (Å²) in [6, 6.07) is 14.8. The van der Waals surface area contributed by atoms with Gasteiger partial charge in [0.15, 0.2) is 5.82 Å². The van der Waals surface area contributed by atoms with Crippen molar-refractivity contribution >= 4 is 21.9 Å². The summed E-state index contributed by atoms with van der Waals surface area (Å²) in [5.41, 5.74) is 2.61. The summed E-state index contributed by atoms with van der Waals surface area (Å²) < 4.78 is 6.60. The molecule has 0 fully saturated rings. The molecule has 0 saturated heterocycles. The Labute approximate surface area is 164 Å². The predicted molar refractivity (Wildman–Crippen MR) is 102 cm³/mol. The van der Waals surface area contributed by atoms with Crippen LogP contribution >= 0.6 is 15.9 Å². The number of hydrogen-bond acceptors (Lipinski definition) is 5. The van der Waals surface area contributed by atoms with E-state index in [2.05, 4.69) is 32.0 Å². The van der Waals surface area contributed by atoms with Gasteiger partial charge in [-0.15, -0.1) is 0 Å². The average Bonchev–Trinajstić information content (AvgIpc) is 2.67. The fourth-order valence-electron chi connectivity index (χ4n) is 2.46. The van der Waals surface area contributed by atoms with Crippen LogP contribution in [0.2, 0.25) is 0 Å². The highest BCUT2D eigenvalue weighted by Crippen LogP contribution is 2.22. The molecule has 0 amide bonds. The molecule has 0 unspecified atom stereocenters. The Balaban J connectivity index is 1.74. The Morgan fingerprint density at radius 2 is 2.00 bits per heavy atom. The van der Waals surface area contributed by atoms with E-state index in [9.17, 15) is 10.1 Å². The summed E-state index contributed by atoms with van der Waals surface area (Å²) in [5.74, 6) is 0.0423. The summed E-state index contributed by atoms with van der Waals surface area (Å²) in [4.78, 5) is 19.4. The van der Waals surface area contributed by atoms with Crippen LogP contribution in [0, 0.1) is 18.3 Å².